The van der Waals surface area contributed by atoms with E-state index in [0.29, 0.717) is 11.0 Å². The Morgan fingerprint density at radius 2 is 2.40 bits per heavy atom. The summed E-state index contributed by atoms with van der Waals surface area (Å²) in [4.78, 5) is 10.2. The van der Waals surface area contributed by atoms with Gasteiger partial charge in [-0.05, 0) is 19.1 Å². The van der Waals surface area contributed by atoms with E-state index in [-0.39, 0.29) is 11.7 Å². The van der Waals surface area contributed by atoms with Crippen LogP contribution >= 0.6 is 24.0 Å². The molecule has 0 radical (unpaired) electrons. The van der Waals surface area contributed by atoms with Gasteiger partial charge in [-0.25, -0.2) is 0 Å². The molecule has 1 amide bonds. The Labute approximate surface area is 69.3 Å². The first-order valence-electron chi connectivity index (χ1n) is 2.74. The van der Waals surface area contributed by atoms with E-state index in [1.54, 1.807) is 0 Å². The van der Waals surface area contributed by atoms with Gasteiger partial charge in [-0.3, -0.25) is 4.79 Å². The molecule has 0 rings (SSSR count). The maximum Gasteiger partial charge on any atom is 0.227 e. The monoisotopic (exact) mass is 179 g/mol. The zero-order chi connectivity index (χ0) is 7.98. The molecule has 0 unspecified atom stereocenters. The zero-order valence-corrected chi connectivity index (χ0v) is 7.26. The van der Waals surface area contributed by atoms with Gasteiger partial charge in [0.25, 0.3) is 0 Å². The molecule has 3 nitrogen and oxygen atoms in total. The molecule has 58 valence electrons. The Bertz CT molecular complexity index is 138. The number of ether oxygens (including phenoxy) is 1. The minimum absolute atomic E-state index is 0.193. The van der Waals surface area contributed by atoms with Crippen LogP contribution in [0.2, 0.25) is 0 Å². The standard InChI is InChI=1S/C5H9NO2S2/c1-2-8-5(9)10-3-4(6)7/h2-3H2,1H3,(H2,6,7). The van der Waals surface area contributed by atoms with Crippen LogP contribution < -0.4 is 5.73 Å². The molecule has 0 bridgehead atoms. The summed E-state index contributed by atoms with van der Waals surface area (Å²) in [5.74, 6) is -0.189. The largest absolute Gasteiger partial charge is 0.479 e. The molecular weight excluding hydrogens is 170 g/mol. The number of nitrogens with two attached hydrogens (primary N) is 1. The van der Waals surface area contributed by atoms with Crippen LogP contribution in [-0.4, -0.2) is 22.6 Å². The van der Waals surface area contributed by atoms with Gasteiger partial charge in [0.1, 0.15) is 0 Å². The third-order valence-electron chi connectivity index (χ3n) is 0.594. The first-order valence-corrected chi connectivity index (χ1v) is 4.14. The van der Waals surface area contributed by atoms with Crippen molar-refractivity contribution in [1.82, 2.24) is 0 Å². The van der Waals surface area contributed by atoms with E-state index in [4.69, 9.17) is 22.7 Å². The fourth-order valence-corrected chi connectivity index (χ4v) is 1.05. The normalized spacial score (nSPS) is 8.90. The number of amides is 1. The van der Waals surface area contributed by atoms with Crippen LogP contribution in [0, 0.1) is 0 Å². The number of carbonyl (C=O) groups excluding carboxylic acids is 1. The lowest BCUT2D eigenvalue weighted by Crippen LogP contribution is -2.14. The van der Waals surface area contributed by atoms with Crippen LogP contribution in [0.4, 0.5) is 0 Å². The van der Waals surface area contributed by atoms with Crippen molar-refractivity contribution in [2.24, 2.45) is 5.73 Å². The molecule has 0 saturated heterocycles. The van der Waals surface area contributed by atoms with E-state index < -0.39 is 0 Å². The van der Waals surface area contributed by atoms with Crippen LogP contribution in [0.15, 0.2) is 0 Å². The molecule has 0 spiro atoms. The summed E-state index contributed by atoms with van der Waals surface area (Å²) in [5, 5.41) is 0. The van der Waals surface area contributed by atoms with Crippen LogP contribution in [0.5, 0.6) is 0 Å². The molecule has 0 saturated carbocycles. The van der Waals surface area contributed by atoms with Gasteiger partial charge in [-0.15, -0.1) is 0 Å². The van der Waals surface area contributed by atoms with E-state index in [0.717, 1.165) is 11.8 Å². The highest BCUT2D eigenvalue weighted by Gasteiger charge is 1.99. The molecule has 2 N–H and O–H groups in total. The van der Waals surface area contributed by atoms with Crippen LogP contribution in [0.25, 0.3) is 0 Å². The van der Waals surface area contributed by atoms with Gasteiger partial charge in [-0.2, -0.15) is 0 Å². The molecule has 5 heteroatoms. The van der Waals surface area contributed by atoms with Crippen molar-refractivity contribution < 1.29 is 9.53 Å². The predicted molar refractivity (Wildman–Crippen MR) is 45.9 cm³/mol. The highest BCUT2D eigenvalue weighted by molar-refractivity contribution is 8.23. The number of primary amides is 1. The van der Waals surface area contributed by atoms with E-state index in [1.807, 2.05) is 6.92 Å². The molecule has 0 aromatic carbocycles. The molecule has 0 atom stereocenters. The minimum atomic E-state index is -0.382. The maximum atomic E-state index is 10.2. The fraction of sp³-hybridized carbons (Fsp3) is 0.600. The fourth-order valence-electron chi connectivity index (χ4n) is 0.290. The summed E-state index contributed by atoms with van der Waals surface area (Å²) in [6.45, 7) is 2.36. The lowest BCUT2D eigenvalue weighted by molar-refractivity contribution is -0.115. The van der Waals surface area contributed by atoms with Crippen molar-refractivity contribution in [1.29, 1.82) is 0 Å². The van der Waals surface area contributed by atoms with E-state index in [9.17, 15) is 4.79 Å². The summed E-state index contributed by atoms with van der Waals surface area (Å²) in [5.41, 5.74) is 4.86. The third-order valence-corrected chi connectivity index (χ3v) is 1.85. The highest BCUT2D eigenvalue weighted by Crippen LogP contribution is 2.03. The van der Waals surface area contributed by atoms with Crippen molar-refractivity contribution in [2.45, 2.75) is 6.92 Å². The van der Waals surface area contributed by atoms with Crippen molar-refractivity contribution in [3.05, 3.63) is 0 Å². The SMILES string of the molecule is CCOC(=S)SCC(N)=O. The quantitative estimate of drug-likeness (QED) is 0.642. The van der Waals surface area contributed by atoms with Gasteiger partial charge in [-0.1, -0.05) is 11.8 Å². The molecule has 0 aliphatic carbocycles. The third kappa shape index (κ3) is 5.84. The Kier molecular flexibility index (Phi) is 5.33. The van der Waals surface area contributed by atoms with Crippen molar-refractivity contribution >= 4 is 34.3 Å². The van der Waals surface area contributed by atoms with Crippen molar-refractivity contribution in [2.75, 3.05) is 12.4 Å². The summed E-state index contributed by atoms with van der Waals surface area (Å²) in [7, 11) is 0. The lowest BCUT2D eigenvalue weighted by atomic mass is 10.8. The van der Waals surface area contributed by atoms with Gasteiger partial charge in [0.15, 0.2) is 0 Å². The lowest BCUT2D eigenvalue weighted by Gasteiger charge is -2.00. The van der Waals surface area contributed by atoms with Crippen molar-refractivity contribution in [3.8, 4) is 0 Å². The van der Waals surface area contributed by atoms with Gasteiger partial charge in [0.05, 0.1) is 12.4 Å². The second-order valence-corrected chi connectivity index (χ2v) is 3.02. The summed E-state index contributed by atoms with van der Waals surface area (Å²) in [6, 6.07) is 0. The smallest absolute Gasteiger partial charge is 0.227 e. The molecule has 10 heavy (non-hydrogen) atoms. The van der Waals surface area contributed by atoms with Gasteiger partial charge in [0.2, 0.25) is 10.3 Å². The number of hydrogen-bond acceptors (Lipinski definition) is 4. The Balaban J connectivity index is 3.30. The van der Waals surface area contributed by atoms with Crippen molar-refractivity contribution in [3.63, 3.8) is 0 Å². The molecule has 0 heterocycles. The average molecular weight is 179 g/mol. The maximum absolute atomic E-state index is 10.2. The summed E-state index contributed by atoms with van der Waals surface area (Å²) < 4.78 is 5.26. The second-order valence-electron chi connectivity index (χ2n) is 1.44. The minimum Gasteiger partial charge on any atom is -0.479 e. The van der Waals surface area contributed by atoms with Crippen LogP contribution in [0.3, 0.4) is 0 Å². The second kappa shape index (κ2) is 5.49. The summed E-state index contributed by atoms with van der Waals surface area (Å²) in [6.07, 6.45) is 0. The highest BCUT2D eigenvalue weighted by atomic mass is 32.2. The van der Waals surface area contributed by atoms with Gasteiger partial charge < -0.3 is 10.5 Å². The Hall–Kier alpha value is -0.290. The van der Waals surface area contributed by atoms with E-state index in [2.05, 4.69) is 0 Å². The molecule has 0 aliphatic heterocycles. The van der Waals surface area contributed by atoms with Gasteiger partial charge in [0, 0.05) is 0 Å². The zero-order valence-electron chi connectivity index (χ0n) is 5.62. The molecule has 0 fully saturated rings. The number of hydrogen-bond donors (Lipinski definition) is 1. The first kappa shape index (κ1) is 9.71. The first-order chi connectivity index (χ1) is 4.66. The molecule has 0 aromatic heterocycles. The van der Waals surface area contributed by atoms with Gasteiger partial charge >= 0.3 is 0 Å². The molecular formula is C5H9NO2S2. The number of carbonyl (C=O) groups is 1. The number of rotatable bonds is 3. The topological polar surface area (TPSA) is 52.3 Å². The Morgan fingerprint density at radius 1 is 1.80 bits per heavy atom. The van der Waals surface area contributed by atoms with Crippen LogP contribution in [-0.2, 0) is 9.53 Å². The molecule has 0 aliphatic rings. The predicted octanol–water partition coefficient (Wildman–Crippen LogP) is 0.526. The Morgan fingerprint density at radius 3 is 2.80 bits per heavy atom. The number of thiocarbonyl (C=S) groups is 1. The van der Waals surface area contributed by atoms with E-state index >= 15 is 0 Å². The summed E-state index contributed by atoms with van der Waals surface area (Å²) >= 11 is 5.85. The average Bonchev–Trinajstić information content (AvgIpc) is 1.85. The van der Waals surface area contributed by atoms with Crippen LogP contribution in [0.1, 0.15) is 6.92 Å². The number of thioether (sulfide) groups is 1. The van der Waals surface area contributed by atoms with E-state index in [1.165, 1.54) is 0 Å². The molecule has 0 aromatic rings.